The van der Waals surface area contributed by atoms with Crippen molar-refractivity contribution in [2.24, 2.45) is 0 Å². The summed E-state index contributed by atoms with van der Waals surface area (Å²) >= 11 is 3.50. The maximum absolute atomic E-state index is 6.22. The zero-order chi connectivity index (χ0) is 18.4. The molecule has 4 heteroatoms. The predicted octanol–water partition coefficient (Wildman–Crippen LogP) is 6.37. The van der Waals surface area contributed by atoms with Crippen LogP contribution in [0.5, 0.6) is 0 Å². The van der Waals surface area contributed by atoms with Gasteiger partial charge in [-0.15, -0.1) is 0 Å². The number of benzene rings is 2. The van der Waals surface area contributed by atoms with Crippen LogP contribution in [-0.2, 0) is 10.4 Å². The second-order valence-corrected chi connectivity index (χ2v) is 7.43. The third-order valence-electron chi connectivity index (χ3n) is 4.56. The van der Waals surface area contributed by atoms with E-state index in [-0.39, 0.29) is 6.10 Å². The standard InChI is InChI=1S/C22H24BrNO2/c1-3-8-20(17-9-5-4-6-10-17)26-24-22(2,21-11-7-16-25-21)18-12-14-19(23)15-13-18/h4-7,9-16,20,24H,3,8H2,1-2H3/t20-,22+/m0/s1. The molecular weight excluding hydrogens is 390 g/mol. The highest BCUT2D eigenvalue weighted by Crippen LogP contribution is 2.32. The first-order chi connectivity index (χ1) is 12.6. The van der Waals surface area contributed by atoms with Crippen molar-refractivity contribution in [2.45, 2.75) is 38.3 Å². The lowest BCUT2D eigenvalue weighted by molar-refractivity contribution is -0.0714. The van der Waals surface area contributed by atoms with Crippen LogP contribution in [0.15, 0.2) is 81.9 Å². The molecule has 0 saturated heterocycles. The quantitative estimate of drug-likeness (QED) is 0.435. The molecule has 0 saturated carbocycles. The summed E-state index contributed by atoms with van der Waals surface area (Å²) in [4.78, 5) is 6.22. The van der Waals surface area contributed by atoms with Crippen molar-refractivity contribution in [1.29, 1.82) is 0 Å². The van der Waals surface area contributed by atoms with E-state index in [1.807, 2.05) is 42.5 Å². The minimum absolute atomic E-state index is 0.0223. The average Bonchev–Trinajstić information content (AvgIpc) is 3.21. The smallest absolute Gasteiger partial charge is 0.130 e. The molecule has 2 atom stereocenters. The molecule has 0 aliphatic heterocycles. The zero-order valence-corrected chi connectivity index (χ0v) is 16.7. The molecule has 3 nitrogen and oxygen atoms in total. The number of hydroxylamine groups is 1. The summed E-state index contributed by atoms with van der Waals surface area (Å²) in [6.45, 7) is 4.24. The summed E-state index contributed by atoms with van der Waals surface area (Å²) in [6, 6.07) is 22.4. The second kappa shape index (κ2) is 8.67. The van der Waals surface area contributed by atoms with Gasteiger partial charge in [-0.2, -0.15) is 5.48 Å². The number of rotatable bonds is 8. The lowest BCUT2D eigenvalue weighted by atomic mass is 9.90. The third kappa shape index (κ3) is 4.26. The number of hydrogen-bond donors (Lipinski definition) is 1. The number of halogens is 1. The van der Waals surface area contributed by atoms with Crippen molar-refractivity contribution >= 4 is 15.9 Å². The second-order valence-electron chi connectivity index (χ2n) is 6.52. The lowest BCUT2D eigenvalue weighted by Crippen LogP contribution is -2.41. The molecule has 1 N–H and O–H groups in total. The summed E-state index contributed by atoms with van der Waals surface area (Å²) in [5, 5.41) is 0. The maximum atomic E-state index is 6.22. The molecule has 0 aliphatic carbocycles. The Bertz CT molecular complexity index is 787. The van der Waals surface area contributed by atoms with Crippen LogP contribution in [0.3, 0.4) is 0 Å². The van der Waals surface area contributed by atoms with Gasteiger partial charge in [0.15, 0.2) is 0 Å². The SMILES string of the molecule is CCC[C@H](ON[C@](C)(c1ccc(Br)cc1)c1ccco1)c1ccccc1. The fraction of sp³-hybridized carbons (Fsp3) is 0.273. The summed E-state index contributed by atoms with van der Waals surface area (Å²) in [5.74, 6) is 0.808. The highest BCUT2D eigenvalue weighted by atomic mass is 79.9. The van der Waals surface area contributed by atoms with Gasteiger partial charge in [0.1, 0.15) is 17.4 Å². The largest absolute Gasteiger partial charge is 0.467 e. The fourth-order valence-corrected chi connectivity index (χ4v) is 3.27. The molecule has 2 aromatic carbocycles. The Labute approximate surface area is 163 Å². The van der Waals surface area contributed by atoms with Crippen molar-refractivity contribution in [3.63, 3.8) is 0 Å². The van der Waals surface area contributed by atoms with E-state index in [4.69, 9.17) is 9.25 Å². The zero-order valence-electron chi connectivity index (χ0n) is 15.1. The summed E-state index contributed by atoms with van der Waals surface area (Å²) in [5.41, 5.74) is 4.95. The van der Waals surface area contributed by atoms with E-state index in [1.165, 1.54) is 5.56 Å². The Morgan fingerprint density at radius 2 is 1.77 bits per heavy atom. The molecule has 0 aliphatic rings. The van der Waals surface area contributed by atoms with Gasteiger partial charge < -0.3 is 4.42 Å². The van der Waals surface area contributed by atoms with Crippen molar-refractivity contribution < 1.29 is 9.25 Å². The van der Waals surface area contributed by atoms with Crippen molar-refractivity contribution in [3.8, 4) is 0 Å². The van der Waals surface area contributed by atoms with Gasteiger partial charge in [-0.3, -0.25) is 4.84 Å². The average molecular weight is 414 g/mol. The van der Waals surface area contributed by atoms with E-state index in [0.717, 1.165) is 28.6 Å². The highest BCUT2D eigenvalue weighted by molar-refractivity contribution is 9.10. The Morgan fingerprint density at radius 3 is 2.38 bits per heavy atom. The van der Waals surface area contributed by atoms with Gasteiger partial charge in [0.25, 0.3) is 0 Å². The summed E-state index contributed by atoms with van der Waals surface area (Å²) in [6.07, 6.45) is 3.64. The fourth-order valence-electron chi connectivity index (χ4n) is 3.01. The summed E-state index contributed by atoms with van der Waals surface area (Å²) in [7, 11) is 0. The van der Waals surface area contributed by atoms with Gasteiger partial charge in [-0.1, -0.05) is 71.7 Å². The Hall–Kier alpha value is -1.88. The van der Waals surface area contributed by atoms with Crippen LogP contribution in [0.4, 0.5) is 0 Å². The van der Waals surface area contributed by atoms with E-state index in [1.54, 1.807) is 6.26 Å². The molecule has 3 rings (SSSR count). The first-order valence-corrected chi connectivity index (χ1v) is 9.70. The van der Waals surface area contributed by atoms with E-state index in [0.29, 0.717) is 0 Å². The molecule has 0 amide bonds. The van der Waals surface area contributed by atoms with Crippen LogP contribution in [0.1, 0.15) is 49.7 Å². The van der Waals surface area contributed by atoms with Gasteiger partial charge in [0, 0.05) is 4.47 Å². The Morgan fingerprint density at radius 1 is 1.04 bits per heavy atom. The van der Waals surface area contributed by atoms with Crippen LogP contribution in [-0.4, -0.2) is 0 Å². The molecule has 1 heterocycles. The van der Waals surface area contributed by atoms with Gasteiger partial charge in [0.2, 0.25) is 0 Å². The minimum atomic E-state index is -0.592. The molecule has 0 unspecified atom stereocenters. The van der Waals surface area contributed by atoms with Crippen LogP contribution in [0, 0.1) is 0 Å². The number of nitrogens with one attached hydrogen (secondary N) is 1. The molecule has 3 aromatic rings. The third-order valence-corrected chi connectivity index (χ3v) is 5.09. The van der Waals surface area contributed by atoms with Crippen molar-refractivity contribution in [3.05, 3.63) is 94.4 Å². The highest BCUT2D eigenvalue weighted by Gasteiger charge is 2.33. The molecular formula is C22H24BrNO2. The lowest BCUT2D eigenvalue weighted by Gasteiger charge is -2.31. The van der Waals surface area contributed by atoms with Gasteiger partial charge in [0.05, 0.1) is 6.26 Å². The molecule has 136 valence electrons. The molecule has 0 bridgehead atoms. The molecule has 1 aromatic heterocycles. The molecule has 26 heavy (non-hydrogen) atoms. The van der Waals surface area contributed by atoms with E-state index < -0.39 is 5.54 Å². The van der Waals surface area contributed by atoms with Crippen LogP contribution in [0.2, 0.25) is 0 Å². The predicted molar refractivity (Wildman–Crippen MR) is 108 cm³/mol. The first kappa shape index (κ1) is 18.9. The monoisotopic (exact) mass is 413 g/mol. The first-order valence-electron chi connectivity index (χ1n) is 8.91. The number of furan rings is 1. The summed E-state index contributed by atoms with van der Waals surface area (Å²) < 4.78 is 6.77. The van der Waals surface area contributed by atoms with Crippen LogP contribution >= 0.6 is 15.9 Å². The number of hydrogen-bond acceptors (Lipinski definition) is 3. The van der Waals surface area contributed by atoms with Crippen molar-refractivity contribution in [1.82, 2.24) is 5.48 Å². The molecule has 0 radical (unpaired) electrons. The normalized spacial score (nSPS) is 14.7. The molecule has 0 fully saturated rings. The van der Waals surface area contributed by atoms with E-state index in [2.05, 4.69) is 59.5 Å². The van der Waals surface area contributed by atoms with E-state index in [9.17, 15) is 0 Å². The Kier molecular flexibility index (Phi) is 6.30. The van der Waals surface area contributed by atoms with Crippen LogP contribution < -0.4 is 5.48 Å². The van der Waals surface area contributed by atoms with Crippen LogP contribution in [0.25, 0.3) is 0 Å². The van der Waals surface area contributed by atoms with Gasteiger partial charge in [-0.05, 0) is 48.7 Å². The topological polar surface area (TPSA) is 34.4 Å². The maximum Gasteiger partial charge on any atom is 0.130 e. The van der Waals surface area contributed by atoms with E-state index >= 15 is 0 Å². The van der Waals surface area contributed by atoms with Crippen molar-refractivity contribution in [2.75, 3.05) is 0 Å². The van der Waals surface area contributed by atoms with Gasteiger partial charge in [-0.25, -0.2) is 0 Å². The minimum Gasteiger partial charge on any atom is -0.467 e. The van der Waals surface area contributed by atoms with Gasteiger partial charge >= 0.3 is 0 Å². The molecule has 0 spiro atoms. The Balaban J connectivity index is 1.87.